The number of carboxylic acids is 1. The molecule has 0 radical (unpaired) electrons. The average Bonchev–Trinajstić information content (AvgIpc) is 2.72. The van der Waals surface area contributed by atoms with Gasteiger partial charge in [0.25, 0.3) is 0 Å². The van der Waals surface area contributed by atoms with Crippen LogP contribution in [0.1, 0.15) is 25.6 Å². The van der Waals surface area contributed by atoms with Crippen molar-refractivity contribution in [1.29, 1.82) is 0 Å². The number of amides is 2. The Hall–Kier alpha value is -2.12. The number of carbonyl (C=O) groups excluding carboxylic acids is 1. The Bertz CT molecular complexity index is 432. The quantitative estimate of drug-likeness (QED) is 0.641. The van der Waals surface area contributed by atoms with Crippen molar-refractivity contribution in [2.45, 2.75) is 32.2 Å². The predicted molar refractivity (Wildman–Crippen MR) is 67.6 cm³/mol. The second-order valence-corrected chi connectivity index (χ2v) is 4.34. The highest BCUT2D eigenvalue weighted by atomic mass is 16.4. The lowest BCUT2D eigenvalue weighted by Gasteiger charge is -2.13. The molecule has 0 saturated heterocycles. The predicted octanol–water partition coefficient (Wildman–Crippen LogP) is -0.0899. The van der Waals surface area contributed by atoms with Crippen molar-refractivity contribution in [3.63, 3.8) is 0 Å². The summed E-state index contributed by atoms with van der Waals surface area (Å²) in [7, 11) is 1.84. The third-order valence-corrected chi connectivity index (χ3v) is 2.61. The van der Waals surface area contributed by atoms with E-state index in [1.807, 2.05) is 7.05 Å². The molecule has 0 bridgehead atoms. The highest BCUT2D eigenvalue weighted by Gasteiger charge is 2.09. The summed E-state index contributed by atoms with van der Waals surface area (Å²) in [4.78, 5) is 21.9. The number of urea groups is 1. The Labute approximate surface area is 111 Å². The van der Waals surface area contributed by atoms with Gasteiger partial charge in [0.2, 0.25) is 0 Å². The third-order valence-electron chi connectivity index (χ3n) is 2.61. The topological polar surface area (TPSA) is 109 Å². The van der Waals surface area contributed by atoms with Crippen LogP contribution in [0.5, 0.6) is 0 Å². The van der Waals surface area contributed by atoms with Gasteiger partial charge in [-0.05, 0) is 13.3 Å². The Morgan fingerprint density at radius 2 is 2.26 bits per heavy atom. The van der Waals surface area contributed by atoms with E-state index < -0.39 is 5.97 Å². The van der Waals surface area contributed by atoms with E-state index >= 15 is 0 Å². The van der Waals surface area contributed by atoms with E-state index in [0.717, 1.165) is 5.82 Å². The van der Waals surface area contributed by atoms with Crippen molar-refractivity contribution < 1.29 is 14.7 Å². The zero-order chi connectivity index (χ0) is 14.3. The van der Waals surface area contributed by atoms with Gasteiger partial charge in [0.15, 0.2) is 0 Å². The summed E-state index contributed by atoms with van der Waals surface area (Å²) in [5, 5.41) is 21.5. The molecule has 0 aliphatic rings. The maximum atomic E-state index is 11.5. The van der Waals surface area contributed by atoms with Gasteiger partial charge in [0, 0.05) is 32.5 Å². The summed E-state index contributed by atoms with van der Waals surface area (Å²) in [5.74, 6) is -0.0736. The van der Waals surface area contributed by atoms with Crippen molar-refractivity contribution in [1.82, 2.24) is 25.4 Å². The fourth-order valence-corrected chi connectivity index (χ4v) is 1.51. The summed E-state index contributed by atoms with van der Waals surface area (Å²) >= 11 is 0. The molecule has 19 heavy (non-hydrogen) atoms. The summed E-state index contributed by atoms with van der Waals surface area (Å²) in [6.45, 7) is 2.22. The molecule has 0 fully saturated rings. The van der Waals surface area contributed by atoms with E-state index in [9.17, 15) is 9.59 Å². The van der Waals surface area contributed by atoms with Crippen molar-refractivity contribution in [2.75, 3.05) is 6.54 Å². The first kappa shape index (κ1) is 14.9. The number of nitrogens with one attached hydrogen (secondary N) is 2. The standard InChI is InChI=1S/C11H19N5O3/c1-8(3-4-10(17)18)14-11(19)12-6-5-9-15-13-7-16(9)2/h7-8H,3-6H2,1-2H3,(H,17,18)(H2,12,14,19). The lowest BCUT2D eigenvalue weighted by molar-refractivity contribution is -0.137. The number of carboxylic acid groups (broad SMARTS) is 1. The van der Waals surface area contributed by atoms with E-state index in [1.54, 1.807) is 17.8 Å². The normalized spacial score (nSPS) is 11.9. The van der Waals surface area contributed by atoms with Crippen LogP contribution >= 0.6 is 0 Å². The SMILES string of the molecule is CC(CCC(=O)O)NC(=O)NCCc1nncn1C. The molecule has 3 N–H and O–H groups in total. The fourth-order valence-electron chi connectivity index (χ4n) is 1.51. The molecule has 1 rings (SSSR count). The van der Waals surface area contributed by atoms with Gasteiger partial charge in [0.1, 0.15) is 12.2 Å². The summed E-state index contributed by atoms with van der Waals surface area (Å²) < 4.78 is 1.79. The number of rotatable bonds is 7. The van der Waals surface area contributed by atoms with Crippen LogP contribution in [-0.2, 0) is 18.3 Å². The molecular formula is C11H19N5O3. The molecule has 0 saturated carbocycles. The van der Waals surface area contributed by atoms with E-state index in [4.69, 9.17) is 5.11 Å². The minimum absolute atomic E-state index is 0.0420. The van der Waals surface area contributed by atoms with E-state index in [2.05, 4.69) is 20.8 Å². The van der Waals surface area contributed by atoms with Crippen LogP contribution in [0.4, 0.5) is 4.79 Å². The molecule has 0 aromatic carbocycles. The largest absolute Gasteiger partial charge is 0.481 e. The van der Waals surface area contributed by atoms with E-state index in [-0.39, 0.29) is 18.5 Å². The zero-order valence-electron chi connectivity index (χ0n) is 11.1. The van der Waals surface area contributed by atoms with Gasteiger partial charge in [-0.25, -0.2) is 4.79 Å². The maximum absolute atomic E-state index is 11.5. The summed E-state index contributed by atoms with van der Waals surface area (Å²) in [6.07, 6.45) is 2.64. The molecule has 8 nitrogen and oxygen atoms in total. The first-order valence-corrected chi connectivity index (χ1v) is 6.08. The zero-order valence-corrected chi connectivity index (χ0v) is 11.1. The molecule has 1 aromatic heterocycles. The average molecular weight is 269 g/mol. The Morgan fingerprint density at radius 1 is 1.53 bits per heavy atom. The van der Waals surface area contributed by atoms with Gasteiger partial charge in [-0.3, -0.25) is 4.79 Å². The highest BCUT2D eigenvalue weighted by molar-refractivity contribution is 5.74. The van der Waals surface area contributed by atoms with Crippen molar-refractivity contribution >= 4 is 12.0 Å². The van der Waals surface area contributed by atoms with Crippen LogP contribution in [0.2, 0.25) is 0 Å². The lowest BCUT2D eigenvalue weighted by Crippen LogP contribution is -2.41. The van der Waals surface area contributed by atoms with E-state index in [1.165, 1.54) is 0 Å². The number of hydrogen-bond acceptors (Lipinski definition) is 4. The monoisotopic (exact) mass is 269 g/mol. The highest BCUT2D eigenvalue weighted by Crippen LogP contribution is 1.96. The molecule has 1 heterocycles. The van der Waals surface area contributed by atoms with Crippen LogP contribution in [0.15, 0.2) is 6.33 Å². The van der Waals surface area contributed by atoms with Crippen LogP contribution in [0.3, 0.4) is 0 Å². The van der Waals surface area contributed by atoms with Gasteiger partial charge in [-0.1, -0.05) is 0 Å². The van der Waals surface area contributed by atoms with Crippen molar-refractivity contribution in [3.8, 4) is 0 Å². The number of hydrogen-bond donors (Lipinski definition) is 3. The molecule has 2 amide bonds. The van der Waals surface area contributed by atoms with Crippen LogP contribution in [0, 0.1) is 0 Å². The van der Waals surface area contributed by atoms with Gasteiger partial charge in [0.05, 0.1) is 0 Å². The van der Waals surface area contributed by atoms with Crippen molar-refractivity contribution in [2.24, 2.45) is 7.05 Å². The Balaban J connectivity index is 2.17. The maximum Gasteiger partial charge on any atom is 0.315 e. The van der Waals surface area contributed by atoms with Crippen molar-refractivity contribution in [3.05, 3.63) is 12.2 Å². The van der Waals surface area contributed by atoms with Gasteiger partial charge in [-0.15, -0.1) is 10.2 Å². The number of nitrogens with zero attached hydrogens (tertiary/aromatic N) is 3. The van der Waals surface area contributed by atoms with Gasteiger partial charge < -0.3 is 20.3 Å². The first-order valence-electron chi connectivity index (χ1n) is 6.08. The third kappa shape index (κ3) is 5.84. The lowest BCUT2D eigenvalue weighted by atomic mass is 10.2. The number of aromatic nitrogens is 3. The number of aryl methyl sites for hydroxylation is 1. The molecule has 1 atom stereocenters. The molecule has 0 aliphatic heterocycles. The van der Waals surface area contributed by atoms with Crippen LogP contribution in [-0.4, -0.2) is 44.5 Å². The smallest absolute Gasteiger partial charge is 0.315 e. The second kappa shape index (κ2) is 7.34. The summed E-state index contributed by atoms with van der Waals surface area (Å²) in [6, 6.07) is -0.481. The Morgan fingerprint density at radius 3 is 2.84 bits per heavy atom. The molecular weight excluding hydrogens is 250 g/mol. The molecule has 106 valence electrons. The number of carbonyl (C=O) groups is 2. The molecule has 0 spiro atoms. The van der Waals surface area contributed by atoms with Gasteiger partial charge >= 0.3 is 12.0 Å². The summed E-state index contributed by atoms with van der Waals surface area (Å²) in [5.41, 5.74) is 0. The van der Waals surface area contributed by atoms with Gasteiger partial charge in [-0.2, -0.15) is 0 Å². The molecule has 1 aromatic rings. The van der Waals surface area contributed by atoms with Crippen LogP contribution in [0.25, 0.3) is 0 Å². The first-order chi connectivity index (χ1) is 8.99. The minimum atomic E-state index is -0.864. The molecule has 0 aliphatic carbocycles. The minimum Gasteiger partial charge on any atom is -0.481 e. The van der Waals surface area contributed by atoms with E-state index in [0.29, 0.717) is 19.4 Å². The number of aliphatic carboxylic acids is 1. The second-order valence-electron chi connectivity index (χ2n) is 4.34. The fraction of sp³-hybridized carbons (Fsp3) is 0.636. The molecule has 1 unspecified atom stereocenters. The van der Waals surface area contributed by atoms with Crippen LogP contribution < -0.4 is 10.6 Å². The molecule has 8 heteroatoms. The Kier molecular flexibility index (Phi) is 5.77.